The number of primary amides is 1. The van der Waals surface area contributed by atoms with Crippen LogP contribution in [0.2, 0.25) is 5.02 Å². The Morgan fingerprint density at radius 1 is 1.47 bits per heavy atom. The molecule has 5 heteroatoms. The predicted molar refractivity (Wildman–Crippen MR) is 67.1 cm³/mol. The number of hydrogen-bond acceptors (Lipinski definition) is 2. The molecular weight excluding hydrogens is 240 g/mol. The van der Waals surface area contributed by atoms with Crippen LogP contribution in [-0.4, -0.2) is 10.5 Å². The number of pyridine rings is 1. The second-order valence-corrected chi connectivity index (χ2v) is 4.25. The van der Waals surface area contributed by atoms with E-state index in [1.54, 1.807) is 29.7 Å². The van der Waals surface area contributed by atoms with E-state index in [9.17, 15) is 9.59 Å². The molecule has 2 aromatic rings. The largest absolute Gasteiger partial charge is 0.368 e. The molecule has 0 aliphatic carbocycles. The number of carbonyl (C=O) groups is 1. The molecule has 0 radical (unpaired) electrons. The highest BCUT2D eigenvalue weighted by Crippen LogP contribution is 2.22. The molecule has 2 rings (SSSR count). The molecule has 0 aliphatic heterocycles. The summed E-state index contributed by atoms with van der Waals surface area (Å²) in [6, 6.07) is 6.54. The number of carbonyl (C=O) groups excluding carboxylic acids is 1. The summed E-state index contributed by atoms with van der Waals surface area (Å²) < 4.78 is 1.65. The van der Waals surface area contributed by atoms with Gasteiger partial charge in [-0.1, -0.05) is 17.7 Å². The van der Waals surface area contributed by atoms with Gasteiger partial charge in [-0.3, -0.25) is 9.59 Å². The third kappa shape index (κ3) is 2.03. The zero-order valence-corrected chi connectivity index (χ0v) is 9.99. The summed E-state index contributed by atoms with van der Waals surface area (Å²) in [6.45, 7) is 1.75. The van der Waals surface area contributed by atoms with E-state index in [4.69, 9.17) is 17.3 Å². The van der Waals surface area contributed by atoms with Crippen LogP contribution in [0.3, 0.4) is 0 Å². The molecule has 4 nitrogen and oxygen atoms in total. The topological polar surface area (TPSA) is 65.1 Å². The minimum atomic E-state index is -0.474. The lowest BCUT2D eigenvalue weighted by molar-refractivity contribution is -0.118. The fourth-order valence-corrected chi connectivity index (χ4v) is 2.15. The lowest BCUT2D eigenvalue weighted by Crippen LogP contribution is -2.22. The molecule has 0 unspecified atom stereocenters. The van der Waals surface area contributed by atoms with Gasteiger partial charge >= 0.3 is 0 Å². The van der Waals surface area contributed by atoms with Crippen molar-refractivity contribution in [3.05, 3.63) is 45.2 Å². The average molecular weight is 251 g/mol. The van der Waals surface area contributed by atoms with Crippen molar-refractivity contribution < 1.29 is 4.79 Å². The van der Waals surface area contributed by atoms with Crippen molar-refractivity contribution in [2.24, 2.45) is 5.73 Å². The summed E-state index contributed by atoms with van der Waals surface area (Å²) in [4.78, 5) is 22.8. The molecule has 1 amide bonds. The number of halogens is 1. The molecule has 0 atom stereocenters. The minimum absolute atomic E-state index is 0.00630. The average Bonchev–Trinajstić information content (AvgIpc) is 2.24. The monoisotopic (exact) mass is 250 g/mol. The molecule has 88 valence electrons. The summed E-state index contributed by atoms with van der Waals surface area (Å²) >= 11 is 6.08. The quantitative estimate of drug-likeness (QED) is 0.877. The van der Waals surface area contributed by atoms with Crippen LogP contribution in [0.5, 0.6) is 0 Å². The van der Waals surface area contributed by atoms with Crippen LogP contribution >= 0.6 is 11.6 Å². The molecule has 2 N–H and O–H groups in total. The number of rotatable bonds is 2. The maximum atomic E-state index is 11.8. The van der Waals surface area contributed by atoms with Gasteiger partial charge in [-0.05, 0) is 19.1 Å². The first-order chi connectivity index (χ1) is 8.00. The van der Waals surface area contributed by atoms with Gasteiger partial charge in [0.15, 0.2) is 5.43 Å². The fraction of sp³-hybridized carbons (Fsp3) is 0.167. The van der Waals surface area contributed by atoms with Crippen LogP contribution < -0.4 is 11.2 Å². The first-order valence-electron chi connectivity index (χ1n) is 5.07. The summed E-state index contributed by atoms with van der Waals surface area (Å²) in [5.74, 6) is -0.474. The van der Waals surface area contributed by atoms with E-state index in [1.807, 2.05) is 0 Å². The second-order valence-electron chi connectivity index (χ2n) is 3.84. The van der Waals surface area contributed by atoms with Crippen LogP contribution in [0.15, 0.2) is 29.1 Å². The van der Waals surface area contributed by atoms with Crippen molar-refractivity contribution >= 4 is 28.4 Å². The lowest BCUT2D eigenvalue weighted by Gasteiger charge is -2.13. The molecule has 0 bridgehead atoms. The van der Waals surface area contributed by atoms with Crippen molar-refractivity contribution in [2.45, 2.75) is 13.5 Å². The van der Waals surface area contributed by atoms with Gasteiger partial charge < -0.3 is 10.3 Å². The molecular formula is C12H11ClN2O2. The summed E-state index contributed by atoms with van der Waals surface area (Å²) in [5, 5.41) is 0.925. The van der Waals surface area contributed by atoms with Crippen LogP contribution in [0.4, 0.5) is 0 Å². The zero-order valence-electron chi connectivity index (χ0n) is 9.24. The maximum absolute atomic E-state index is 11.8. The molecule has 0 saturated carbocycles. The first-order valence-corrected chi connectivity index (χ1v) is 5.45. The Kier molecular flexibility index (Phi) is 2.90. The third-order valence-corrected chi connectivity index (χ3v) is 2.91. The molecule has 0 aliphatic rings. The van der Waals surface area contributed by atoms with E-state index in [1.165, 1.54) is 6.07 Å². The van der Waals surface area contributed by atoms with E-state index in [0.717, 1.165) is 0 Å². The number of hydrogen-bond donors (Lipinski definition) is 1. The van der Waals surface area contributed by atoms with Gasteiger partial charge in [0.25, 0.3) is 0 Å². The lowest BCUT2D eigenvalue weighted by atomic mass is 10.2. The number of aromatic nitrogens is 1. The predicted octanol–water partition coefficient (Wildman–Crippen LogP) is 1.45. The Morgan fingerprint density at radius 2 is 2.18 bits per heavy atom. The van der Waals surface area contributed by atoms with Crippen LogP contribution in [0, 0.1) is 6.92 Å². The smallest absolute Gasteiger partial charge is 0.237 e. The van der Waals surface area contributed by atoms with Crippen LogP contribution in [0.1, 0.15) is 5.69 Å². The Labute approximate surface area is 103 Å². The van der Waals surface area contributed by atoms with E-state index in [2.05, 4.69) is 0 Å². The van der Waals surface area contributed by atoms with E-state index in [-0.39, 0.29) is 12.0 Å². The van der Waals surface area contributed by atoms with Crippen LogP contribution in [-0.2, 0) is 11.3 Å². The maximum Gasteiger partial charge on any atom is 0.237 e. The van der Waals surface area contributed by atoms with E-state index >= 15 is 0 Å². The minimum Gasteiger partial charge on any atom is -0.368 e. The highest BCUT2D eigenvalue weighted by molar-refractivity contribution is 6.35. The second kappa shape index (κ2) is 4.22. The van der Waals surface area contributed by atoms with E-state index in [0.29, 0.717) is 21.6 Å². The Balaban J connectivity index is 2.90. The molecule has 0 spiro atoms. The fourth-order valence-electron chi connectivity index (χ4n) is 1.87. The van der Waals surface area contributed by atoms with Gasteiger partial charge in [-0.2, -0.15) is 0 Å². The summed E-state index contributed by atoms with van der Waals surface area (Å²) in [6.07, 6.45) is 0. The van der Waals surface area contributed by atoms with Crippen molar-refractivity contribution in [1.29, 1.82) is 0 Å². The number of para-hydroxylation sites is 1. The highest BCUT2D eigenvalue weighted by Gasteiger charge is 2.10. The summed E-state index contributed by atoms with van der Waals surface area (Å²) in [5.41, 5.74) is 6.30. The van der Waals surface area contributed by atoms with Crippen molar-refractivity contribution in [1.82, 2.24) is 4.57 Å². The molecule has 0 saturated heterocycles. The van der Waals surface area contributed by atoms with Gasteiger partial charge in [0.2, 0.25) is 5.91 Å². The molecule has 1 aromatic heterocycles. The van der Waals surface area contributed by atoms with Gasteiger partial charge in [0.05, 0.1) is 10.5 Å². The Hall–Kier alpha value is -1.81. The first kappa shape index (κ1) is 11.7. The van der Waals surface area contributed by atoms with Crippen LogP contribution in [0.25, 0.3) is 10.9 Å². The van der Waals surface area contributed by atoms with Crippen molar-refractivity contribution in [3.8, 4) is 0 Å². The summed E-state index contributed by atoms with van der Waals surface area (Å²) in [7, 11) is 0. The number of fused-ring (bicyclic) bond motifs is 1. The van der Waals surface area contributed by atoms with Gasteiger partial charge in [0.1, 0.15) is 6.54 Å². The molecule has 0 fully saturated rings. The number of nitrogens with zero attached hydrogens (tertiary/aromatic N) is 1. The number of aryl methyl sites for hydroxylation is 1. The van der Waals surface area contributed by atoms with Crippen molar-refractivity contribution in [2.75, 3.05) is 0 Å². The van der Waals surface area contributed by atoms with E-state index < -0.39 is 5.91 Å². The standard InChI is InChI=1S/C12H11ClN2O2/c1-7-5-10(16)8-3-2-4-9(13)12(8)15(7)6-11(14)17/h2-5H,6H2,1H3,(H2,14,17). The Bertz CT molecular complexity index is 661. The number of benzene rings is 1. The molecule has 1 heterocycles. The SMILES string of the molecule is Cc1cc(=O)c2cccc(Cl)c2n1CC(N)=O. The zero-order chi connectivity index (χ0) is 12.6. The van der Waals surface area contributed by atoms with Gasteiger partial charge in [-0.15, -0.1) is 0 Å². The van der Waals surface area contributed by atoms with Gasteiger partial charge in [-0.25, -0.2) is 0 Å². The Morgan fingerprint density at radius 3 is 2.82 bits per heavy atom. The third-order valence-electron chi connectivity index (χ3n) is 2.60. The van der Waals surface area contributed by atoms with Crippen molar-refractivity contribution in [3.63, 3.8) is 0 Å². The van der Waals surface area contributed by atoms with Gasteiger partial charge in [0, 0.05) is 17.1 Å². The molecule has 17 heavy (non-hydrogen) atoms. The highest BCUT2D eigenvalue weighted by atomic mass is 35.5. The molecule has 1 aromatic carbocycles. The number of nitrogens with two attached hydrogens (primary N) is 1. The number of amides is 1. The normalized spacial score (nSPS) is 10.7.